The first kappa shape index (κ1) is 16.6. The zero-order valence-electron chi connectivity index (χ0n) is 13.9. The van der Waals surface area contributed by atoms with E-state index in [-0.39, 0.29) is 6.10 Å². The van der Waals surface area contributed by atoms with Crippen LogP contribution < -0.4 is 9.64 Å². The van der Waals surface area contributed by atoms with Gasteiger partial charge >= 0.3 is 0 Å². The van der Waals surface area contributed by atoms with Crippen molar-refractivity contribution in [3.63, 3.8) is 0 Å². The monoisotopic (exact) mass is 405 g/mol. The number of halogens is 2. The number of benzene rings is 1. The zero-order valence-corrected chi connectivity index (χ0v) is 16.3. The molecule has 3 aromatic rings. The van der Waals surface area contributed by atoms with Crippen molar-refractivity contribution in [2.75, 3.05) is 4.90 Å². The molecule has 0 radical (unpaired) electrons. The Morgan fingerprint density at radius 2 is 1.77 bits per heavy atom. The molecular formula is C19H17Cl2N3OS. The van der Waals surface area contributed by atoms with E-state index in [0.29, 0.717) is 22.1 Å². The van der Waals surface area contributed by atoms with Gasteiger partial charge in [-0.1, -0.05) is 23.2 Å². The lowest BCUT2D eigenvalue weighted by Gasteiger charge is -2.39. The molecule has 4 heterocycles. The minimum Gasteiger partial charge on any atom is -0.490 e. The average molecular weight is 406 g/mol. The molecule has 1 aromatic carbocycles. The standard InChI is InChI=1S/C19H17Cl2N3OS/c20-11-5-12(21)7-15(6-11)25-16-8-13-1-2-14(9-16)24(13)18-17-3-4-26-19(17)23-10-22-18/h3-7,10,13-14,16H,1-2,8-9H2/t13-,14-/m0/s1. The highest BCUT2D eigenvalue weighted by molar-refractivity contribution is 7.16. The summed E-state index contributed by atoms with van der Waals surface area (Å²) >= 11 is 13.9. The number of rotatable bonds is 3. The number of anilines is 1. The van der Waals surface area contributed by atoms with Gasteiger partial charge in [0.1, 0.15) is 28.8 Å². The highest BCUT2D eigenvalue weighted by Gasteiger charge is 2.42. The Morgan fingerprint density at radius 1 is 1.04 bits per heavy atom. The maximum atomic E-state index is 6.23. The third-order valence-electron chi connectivity index (χ3n) is 5.31. The van der Waals surface area contributed by atoms with Gasteiger partial charge in [-0.05, 0) is 42.5 Å². The Morgan fingerprint density at radius 3 is 2.50 bits per heavy atom. The number of ether oxygens (including phenoxy) is 1. The summed E-state index contributed by atoms with van der Waals surface area (Å²) in [5, 5.41) is 4.46. The van der Waals surface area contributed by atoms with Crippen LogP contribution in [0.5, 0.6) is 5.75 Å². The predicted molar refractivity (Wildman–Crippen MR) is 107 cm³/mol. The summed E-state index contributed by atoms with van der Waals surface area (Å²) in [6.07, 6.45) is 6.18. The van der Waals surface area contributed by atoms with Gasteiger partial charge in [0.2, 0.25) is 0 Å². The van der Waals surface area contributed by atoms with Crippen LogP contribution >= 0.6 is 34.5 Å². The molecule has 5 rings (SSSR count). The van der Waals surface area contributed by atoms with Crippen LogP contribution in [0.25, 0.3) is 10.2 Å². The topological polar surface area (TPSA) is 38.2 Å². The first-order chi connectivity index (χ1) is 12.7. The molecule has 0 spiro atoms. The molecule has 0 N–H and O–H groups in total. The number of fused-ring (bicyclic) bond motifs is 3. The van der Waals surface area contributed by atoms with Crippen LogP contribution in [0, 0.1) is 0 Å². The van der Waals surface area contributed by atoms with E-state index in [9.17, 15) is 0 Å². The molecule has 2 bridgehead atoms. The lowest BCUT2D eigenvalue weighted by molar-refractivity contribution is 0.150. The molecule has 0 aliphatic carbocycles. The molecule has 2 saturated heterocycles. The molecule has 0 unspecified atom stereocenters. The molecule has 134 valence electrons. The fourth-order valence-electron chi connectivity index (χ4n) is 4.34. The zero-order chi connectivity index (χ0) is 17.7. The van der Waals surface area contributed by atoms with E-state index in [1.54, 1.807) is 23.7 Å². The van der Waals surface area contributed by atoms with E-state index < -0.39 is 0 Å². The number of piperidine rings is 1. The predicted octanol–water partition coefficient (Wildman–Crippen LogP) is 5.58. The fraction of sp³-hybridized carbons (Fsp3) is 0.368. The van der Waals surface area contributed by atoms with E-state index in [0.717, 1.165) is 34.6 Å². The van der Waals surface area contributed by atoms with Crippen LogP contribution in [0.1, 0.15) is 25.7 Å². The van der Waals surface area contributed by atoms with E-state index >= 15 is 0 Å². The largest absolute Gasteiger partial charge is 0.490 e. The highest BCUT2D eigenvalue weighted by Crippen LogP contribution is 2.42. The van der Waals surface area contributed by atoms with Crippen LogP contribution in [0.2, 0.25) is 10.0 Å². The second kappa shape index (κ2) is 6.55. The second-order valence-corrected chi connectivity index (χ2v) is 8.71. The molecule has 7 heteroatoms. The van der Waals surface area contributed by atoms with Crippen molar-refractivity contribution >= 4 is 50.6 Å². The Hall–Kier alpha value is -1.56. The smallest absolute Gasteiger partial charge is 0.141 e. The molecule has 2 aliphatic rings. The highest BCUT2D eigenvalue weighted by atomic mass is 35.5. The molecule has 2 aromatic heterocycles. The van der Waals surface area contributed by atoms with Gasteiger partial charge < -0.3 is 9.64 Å². The van der Waals surface area contributed by atoms with Gasteiger partial charge in [0, 0.05) is 35.0 Å². The lowest BCUT2D eigenvalue weighted by Crippen LogP contribution is -2.47. The Bertz CT molecular complexity index is 929. The van der Waals surface area contributed by atoms with Crippen LogP contribution in [0.4, 0.5) is 5.82 Å². The van der Waals surface area contributed by atoms with Gasteiger partial charge in [-0.15, -0.1) is 11.3 Å². The number of hydrogen-bond donors (Lipinski definition) is 0. The van der Waals surface area contributed by atoms with Crippen molar-refractivity contribution in [1.29, 1.82) is 0 Å². The quantitative estimate of drug-likeness (QED) is 0.570. The molecule has 2 fully saturated rings. The molecule has 4 nitrogen and oxygen atoms in total. The SMILES string of the molecule is Clc1cc(Cl)cc(OC2C[C@@H]3CC[C@@H](C2)N3c2ncnc3sccc23)c1. The Balaban J connectivity index is 1.39. The third kappa shape index (κ3) is 2.92. The van der Waals surface area contributed by atoms with Crippen molar-refractivity contribution < 1.29 is 4.74 Å². The van der Waals surface area contributed by atoms with Crippen molar-refractivity contribution in [1.82, 2.24) is 9.97 Å². The molecule has 0 saturated carbocycles. The van der Waals surface area contributed by atoms with E-state index in [1.165, 1.54) is 12.8 Å². The van der Waals surface area contributed by atoms with Gasteiger partial charge in [-0.2, -0.15) is 0 Å². The van der Waals surface area contributed by atoms with Crippen LogP contribution in [0.15, 0.2) is 36.0 Å². The van der Waals surface area contributed by atoms with Crippen molar-refractivity contribution in [2.24, 2.45) is 0 Å². The molecule has 26 heavy (non-hydrogen) atoms. The summed E-state index contributed by atoms with van der Waals surface area (Å²) in [5.74, 6) is 1.83. The molecular weight excluding hydrogens is 389 g/mol. The minimum atomic E-state index is 0.179. The van der Waals surface area contributed by atoms with E-state index in [2.05, 4.69) is 26.3 Å². The van der Waals surface area contributed by atoms with Crippen LogP contribution in [0.3, 0.4) is 0 Å². The Labute approximate surface area is 165 Å². The summed E-state index contributed by atoms with van der Waals surface area (Å²) < 4.78 is 6.23. The second-order valence-electron chi connectivity index (χ2n) is 6.95. The summed E-state index contributed by atoms with van der Waals surface area (Å²) in [6, 6.07) is 8.43. The maximum absolute atomic E-state index is 6.23. The van der Waals surface area contributed by atoms with Gasteiger partial charge in [0.25, 0.3) is 0 Å². The average Bonchev–Trinajstić information content (AvgIpc) is 3.16. The van der Waals surface area contributed by atoms with Gasteiger partial charge in [-0.25, -0.2) is 9.97 Å². The van der Waals surface area contributed by atoms with Gasteiger partial charge in [0.05, 0.1) is 5.39 Å². The normalized spacial score (nSPS) is 25.0. The molecule has 2 aliphatic heterocycles. The van der Waals surface area contributed by atoms with E-state index in [1.807, 2.05) is 12.1 Å². The number of nitrogens with zero attached hydrogens (tertiary/aromatic N) is 3. The summed E-state index contributed by atoms with van der Waals surface area (Å²) in [7, 11) is 0. The first-order valence-corrected chi connectivity index (χ1v) is 10.4. The molecule has 2 atom stereocenters. The summed E-state index contributed by atoms with van der Waals surface area (Å²) in [5.41, 5.74) is 0. The number of thiophene rings is 1. The van der Waals surface area contributed by atoms with Gasteiger partial charge in [-0.3, -0.25) is 0 Å². The maximum Gasteiger partial charge on any atom is 0.141 e. The number of hydrogen-bond acceptors (Lipinski definition) is 5. The van der Waals surface area contributed by atoms with Crippen molar-refractivity contribution in [2.45, 2.75) is 43.9 Å². The number of aromatic nitrogens is 2. The Kier molecular flexibility index (Phi) is 4.18. The van der Waals surface area contributed by atoms with Crippen LogP contribution in [-0.4, -0.2) is 28.2 Å². The van der Waals surface area contributed by atoms with Crippen LogP contribution in [-0.2, 0) is 0 Å². The van der Waals surface area contributed by atoms with E-state index in [4.69, 9.17) is 27.9 Å². The lowest BCUT2D eigenvalue weighted by atomic mass is 9.99. The summed E-state index contributed by atoms with van der Waals surface area (Å²) in [4.78, 5) is 12.6. The minimum absolute atomic E-state index is 0.179. The fourth-order valence-corrected chi connectivity index (χ4v) is 5.57. The first-order valence-electron chi connectivity index (χ1n) is 8.76. The van der Waals surface area contributed by atoms with Crippen molar-refractivity contribution in [3.8, 4) is 5.75 Å². The van der Waals surface area contributed by atoms with Crippen molar-refractivity contribution in [3.05, 3.63) is 46.0 Å². The molecule has 0 amide bonds. The summed E-state index contributed by atoms with van der Waals surface area (Å²) in [6.45, 7) is 0. The third-order valence-corrected chi connectivity index (χ3v) is 6.57. The van der Waals surface area contributed by atoms with Gasteiger partial charge in [0.15, 0.2) is 0 Å².